The Kier molecular flexibility index (Phi) is 11.2. The summed E-state index contributed by atoms with van der Waals surface area (Å²) in [6, 6.07) is 5.08. The molecule has 7 nitrogen and oxygen atoms in total. The third-order valence-electron chi connectivity index (χ3n) is 5.14. The van der Waals surface area contributed by atoms with Gasteiger partial charge in [0.15, 0.2) is 5.96 Å². The Morgan fingerprint density at radius 1 is 1.19 bits per heavy atom. The van der Waals surface area contributed by atoms with Crippen LogP contribution in [0, 0.1) is 0 Å². The number of carbonyl (C=O) groups excluding carboxylic acids is 1. The van der Waals surface area contributed by atoms with Gasteiger partial charge in [0.1, 0.15) is 0 Å². The molecule has 0 saturated carbocycles. The summed E-state index contributed by atoms with van der Waals surface area (Å²) in [6.07, 6.45) is -4.40. The van der Waals surface area contributed by atoms with Gasteiger partial charge in [0.25, 0.3) is 0 Å². The van der Waals surface area contributed by atoms with Gasteiger partial charge in [-0.3, -0.25) is 9.69 Å². The number of carbonyl (C=O) groups is 1. The summed E-state index contributed by atoms with van der Waals surface area (Å²) in [5, 5.41) is 6.20. The van der Waals surface area contributed by atoms with Crippen molar-refractivity contribution in [1.29, 1.82) is 0 Å². The van der Waals surface area contributed by atoms with Gasteiger partial charge in [0.2, 0.25) is 5.91 Å². The number of halogens is 4. The first kappa shape index (κ1) is 28.4. The van der Waals surface area contributed by atoms with E-state index in [0.29, 0.717) is 31.3 Å². The van der Waals surface area contributed by atoms with Gasteiger partial charge in [-0.2, -0.15) is 13.2 Å². The minimum atomic E-state index is -4.40. The predicted molar refractivity (Wildman–Crippen MR) is 129 cm³/mol. The fourth-order valence-electron chi connectivity index (χ4n) is 3.09. The lowest BCUT2D eigenvalue weighted by Crippen LogP contribution is -2.56. The number of benzene rings is 1. The number of hydrogen-bond acceptors (Lipinski definition) is 4. The van der Waals surface area contributed by atoms with Gasteiger partial charge in [0.05, 0.1) is 31.9 Å². The molecule has 1 aromatic rings. The van der Waals surface area contributed by atoms with Crippen molar-refractivity contribution in [2.24, 2.45) is 4.99 Å². The fraction of sp³-hybridized carbons (Fsp3) is 0.619. The molecular formula is C21H33F3IN5O2. The Morgan fingerprint density at radius 3 is 2.44 bits per heavy atom. The number of alkyl halides is 3. The molecule has 0 atom stereocenters. The zero-order valence-corrected chi connectivity index (χ0v) is 21.3. The van der Waals surface area contributed by atoms with Gasteiger partial charge >= 0.3 is 6.18 Å². The van der Waals surface area contributed by atoms with Crippen LogP contribution in [0.25, 0.3) is 0 Å². The number of rotatable bonds is 7. The summed E-state index contributed by atoms with van der Waals surface area (Å²) in [5.74, 6) is 0.231. The molecule has 0 radical (unpaired) electrons. The quantitative estimate of drug-likeness (QED) is 0.299. The summed E-state index contributed by atoms with van der Waals surface area (Å²) >= 11 is 0. The maximum Gasteiger partial charge on any atom is 0.416 e. The molecule has 0 bridgehead atoms. The molecule has 0 aliphatic carbocycles. The van der Waals surface area contributed by atoms with E-state index in [1.54, 1.807) is 20.2 Å². The Morgan fingerprint density at radius 2 is 1.84 bits per heavy atom. The second kappa shape index (κ2) is 12.6. The van der Waals surface area contributed by atoms with Gasteiger partial charge in [0, 0.05) is 39.3 Å². The Hall–Kier alpha value is -1.60. The first-order valence-electron chi connectivity index (χ1n) is 10.2. The maximum atomic E-state index is 13.0. The van der Waals surface area contributed by atoms with E-state index in [0.717, 1.165) is 25.2 Å². The first-order chi connectivity index (χ1) is 14.5. The smallest absolute Gasteiger partial charge is 0.379 e. The van der Waals surface area contributed by atoms with Crippen LogP contribution >= 0.6 is 24.0 Å². The van der Waals surface area contributed by atoms with Crippen molar-refractivity contribution in [3.05, 3.63) is 35.4 Å². The molecule has 1 amide bonds. The molecule has 0 unspecified atom stereocenters. The van der Waals surface area contributed by atoms with Crippen LogP contribution in [0.15, 0.2) is 29.3 Å². The largest absolute Gasteiger partial charge is 0.416 e. The van der Waals surface area contributed by atoms with Gasteiger partial charge in [-0.05, 0) is 31.5 Å². The molecule has 2 rings (SSSR count). The highest BCUT2D eigenvalue weighted by Gasteiger charge is 2.30. The number of guanidine groups is 1. The van der Waals surface area contributed by atoms with E-state index in [-0.39, 0.29) is 48.5 Å². The molecule has 1 aliphatic rings. The predicted octanol–water partition coefficient (Wildman–Crippen LogP) is 2.56. The SMILES string of the molecule is CN(C)C(=O)CNC(=NCc1cccc(C(F)(F)F)c1)NCC(C)(C)N1CCOCC1.I. The van der Waals surface area contributed by atoms with Crippen molar-refractivity contribution in [2.75, 3.05) is 53.5 Å². The van der Waals surface area contributed by atoms with Gasteiger partial charge in [-0.1, -0.05) is 12.1 Å². The number of nitrogens with one attached hydrogen (secondary N) is 2. The van der Waals surface area contributed by atoms with Crippen LogP contribution < -0.4 is 10.6 Å². The molecule has 32 heavy (non-hydrogen) atoms. The molecule has 1 heterocycles. The lowest BCUT2D eigenvalue weighted by Gasteiger charge is -2.41. The van der Waals surface area contributed by atoms with Crippen LogP contribution in [-0.2, 0) is 22.3 Å². The number of likely N-dealkylation sites (N-methyl/N-ethyl adjacent to an activating group) is 1. The molecule has 11 heteroatoms. The molecule has 2 N–H and O–H groups in total. The summed E-state index contributed by atoms with van der Waals surface area (Å²) in [4.78, 5) is 20.1. The normalized spacial score (nSPS) is 15.7. The minimum absolute atomic E-state index is 0. The minimum Gasteiger partial charge on any atom is -0.379 e. The van der Waals surface area contributed by atoms with Crippen molar-refractivity contribution < 1.29 is 22.7 Å². The van der Waals surface area contributed by atoms with Crippen molar-refractivity contribution in [2.45, 2.75) is 32.1 Å². The van der Waals surface area contributed by atoms with Crippen molar-refractivity contribution in [3.8, 4) is 0 Å². The lowest BCUT2D eigenvalue weighted by molar-refractivity contribution is -0.137. The summed E-state index contributed by atoms with van der Waals surface area (Å²) in [5.41, 5.74) is -0.477. The van der Waals surface area contributed by atoms with Crippen molar-refractivity contribution in [1.82, 2.24) is 20.4 Å². The van der Waals surface area contributed by atoms with Gasteiger partial charge < -0.3 is 20.3 Å². The summed E-state index contributed by atoms with van der Waals surface area (Å²) in [6.45, 7) is 7.80. The van der Waals surface area contributed by atoms with Crippen LogP contribution in [0.3, 0.4) is 0 Å². The van der Waals surface area contributed by atoms with Gasteiger partial charge in [-0.15, -0.1) is 24.0 Å². The third kappa shape index (κ3) is 9.10. The van der Waals surface area contributed by atoms with E-state index >= 15 is 0 Å². The molecule has 1 saturated heterocycles. The van der Waals surface area contributed by atoms with Crippen LogP contribution in [0.5, 0.6) is 0 Å². The van der Waals surface area contributed by atoms with E-state index in [2.05, 4.69) is 34.4 Å². The van der Waals surface area contributed by atoms with Crippen LogP contribution in [0.1, 0.15) is 25.0 Å². The Labute approximate surface area is 204 Å². The van der Waals surface area contributed by atoms with E-state index in [1.165, 1.54) is 11.0 Å². The number of ether oxygens (including phenoxy) is 1. The molecule has 0 spiro atoms. The second-order valence-corrected chi connectivity index (χ2v) is 8.27. The summed E-state index contributed by atoms with van der Waals surface area (Å²) in [7, 11) is 3.30. The fourth-order valence-corrected chi connectivity index (χ4v) is 3.09. The average Bonchev–Trinajstić information content (AvgIpc) is 2.73. The third-order valence-corrected chi connectivity index (χ3v) is 5.14. The molecule has 0 aromatic heterocycles. The number of morpholine rings is 1. The highest BCUT2D eigenvalue weighted by atomic mass is 127. The molecule has 1 aliphatic heterocycles. The zero-order valence-electron chi connectivity index (χ0n) is 19.0. The Bertz CT molecular complexity index is 766. The Balaban J connectivity index is 0.00000512. The van der Waals surface area contributed by atoms with Crippen molar-refractivity contribution in [3.63, 3.8) is 0 Å². The number of aliphatic imine (C=N–C) groups is 1. The van der Waals surface area contributed by atoms with Crippen LogP contribution in [0.4, 0.5) is 13.2 Å². The molecule has 1 fully saturated rings. The number of nitrogens with zero attached hydrogens (tertiary/aromatic N) is 3. The van der Waals surface area contributed by atoms with Crippen LogP contribution in [0.2, 0.25) is 0 Å². The standard InChI is InChI=1S/C21H32F3N5O2.HI/c1-20(2,29-8-10-31-11-9-29)15-27-19(26-14-18(30)28(3)4)25-13-16-6-5-7-17(12-16)21(22,23)24;/h5-7,12H,8-11,13-15H2,1-4H3,(H2,25,26,27);1H. The highest BCUT2D eigenvalue weighted by molar-refractivity contribution is 14.0. The van der Waals surface area contributed by atoms with E-state index in [4.69, 9.17) is 4.74 Å². The van der Waals surface area contributed by atoms with E-state index in [1.807, 2.05) is 0 Å². The van der Waals surface area contributed by atoms with Crippen LogP contribution in [-0.4, -0.2) is 80.7 Å². The van der Waals surface area contributed by atoms with E-state index < -0.39 is 11.7 Å². The molecule has 1 aromatic carbocycles. The molecular weight excluding hydrogens is 538 g/mol. The zero-order chi connectivity index (χ0) is 23.1. The molecule has 182 valence electrons. The van der Waals surface area contributed by atoms with Gasteiger partial charge in [-0.25, -0.2) is 4.99 Å². The topological polar surface area (TPSA) is 69.2 Å². The highest BCUT2D eigenvalue weighted by Crippen LogP contribution is 2.29. The van der Waals surface area contributed by atoms with Crippen molar-refractivity contribution >= 4 is 35.8 Å². The van der Waals surface area contributed by atoms with E-state index in [9.17, 15) is 18.0 Å². The monoisotopic (exact) mass is 571 g/mol. The average molecular weight is 571 g/mol. The maximum absolute atomic E-state index is 13.0. The first-order valence-corrected chi connectivity index (χ1v) is 10.2. The second-order valence-electron chi connectivity index (χ2n) is 8.27. The summed E-state index contributed by atoms with van der Waals surface area (Å²) < 4.78 is 44.3. The number of hydrogen-bond donors (Lipinski definition) is 2. The number of amides is 1. The lowest BCUT2D eigenvalue weighted by atomic mass is 10.0.